The number of benzene rings is 1. The molecule has 1 fully saturated rings. The smallest absolute Gasteiger partial charge is 0.414 e. The van der Waals surface area contributed by atoms with Gasteiger partial charge in [-0.15, -0.1) is 0 Å². The largest absolute Gasteiger partial charge is 0.484 e. The van der Waals surface area contributed by atoms with Gasteiger partial charge in [-0.3, -0.25) is 9.69 Å². The lowest BCUT2D eigenvalue weighted by atomic mass is 10.2. The Morgan fingerprint density at radius 3 is 2.04 bits per heavy atom. The average Bonchev–Trinajstić information content (AvgIpc) is 2.67. The molecular weight excluding hydrogens is 376 g/mol. The Morgan fingerprint density at radius 2 is 1.59 bits per heavy atom. The van der Waals surface area contributed by atoms with E-state index >= 15 is 0 Å². The Labute approximate surface area is 163 Å². The maximum Gasteiger partial charge on any atom is 0.414 e. The maximum atomic E-state index is 12.1. The van der Waals surface area contributed by atoms with Gasteiger partial charge in [-0.2, -0.15) is 0 Å². The minimum atomic E-state index is -1.82. The molecule has 0 radical (unpaired) electrons. The molecule has 9 heteroatoms. The van der Waals surface area contributed by atoms with E-state index in [1.807, 2.05) is 4.90 Å². The number of amides is 1. The van der Waals surface area contributed by atoms with E-state index in [2.05, 4.69) is 18.7 Å². The number of nitrogens with zero attached hydrogens (tertiary/aromatic N) is 2. The second-order valence-electron chi connectivity index (χ2n) is 6.03. The predicted molar refractivity (Wildman–Crippen MR) is 100 cm³/mol. The summed E-state index contributed by atoms with van der Waals surface area (Å²) in [5.74, 6) is -2.93. The van der Waals surface area contributed by atoms with E-state index in [9.17, 15) is 4.79 Å². The molecule has 1 atom stereocenters. The number of piperazine rings is 1. The lowest BCUT2D eigenvalue weighted by molar-refractivity contribution is -0.159. The summed E-state index contributed by atoms with van der Waals surface area (Å²) in [6.45, 7) is 7.98. The van der Waals surface area contributed by atoms with Crippen molar-refractivity contribution in [2.75, 3.05) is 32.8 Å². The first-order valence-corrected chi connectivity index (χ1v) is 8.98. The number of halogens is 1. The molecule has 0 spiro atoms. The van der Waals surface area contributed by atoms with E-state index < -0.39 is 11.9 Å². The molecule has 0 aromatic heterocycles. The van der Waals surface area contributed by atoms with Crippen molar-refractivity contribution in [1.82, 2.24) is 9.80 Å². The number of hydrogen-bond acceptors (Lipinski definition) is 5. The molecule has 2 rings (SSSR count). The van der Waals surface area contributed by atoms with Crippen LogP contribution in [0.3, 0.4) is 0 Å². The van der Waals surface area contributed by atoms with Crippen LogP contribution in [-0.4, -0.2) is 76.7 Å². The zero-order valence-corrected chi connectivity index (χ0v) is 16.2. The number of hydrogen-bond donors (Lipinski definition) is 2. The van der Waals surface area contributed by atoms with E-state index in [0.29, 0.717) is 16.8 Å². The fourth-order valence-electron chi connectivity index (χ4n) is 2.44. The van der Waals surface area contributed by atoms with Crippen LogP contribution in [0.25, 0.3) is 0 Å². The van der Waals surface area contributed by atoms with Crippen molar-refractivity contribution >= 4 is 29.4 Å². The van der Waals surface area contributed by atoms with Crippen LogP contribution in [0.1, 0.15) is 20.3 Å². The summed E-state index contributed by atoms with van der Waals surface area (Å²) in [6.07, 6.45) is 1.15. The molecule has 1 amide bonds. The number of ether oxygens (including phenoxy) is 1. The normalized spacial score (nSPS) is 15.3. The highest BCUT2D eigenvalue weighted by Gasteiger charge is 2.23. The number of rotatable bonds is 5. The number of carbonyl (C=O) groups is 3. The van der Waals surface area contributed by atoms with Gasteiger partial charge in [0.15, 0.2) is 6.61 Å². The summed E-state index contributed by atoms with van der Waals surface area (Å²) in [6, 6.07) is 7.65. The molecule has 1 aliphatic rings. The lowest BCUT2D eigenvalue weighted by Gasteiger charge is -2.37. The predicted octanol–water partition coefficient (Wildman–Crippen LogP) is 1.82. The van der Waals surface area contributed by atoms with Gasteiger partial charge in [0.1, 0.15) is 5.75 Å². The Bertz CT molecular complexity index is 617. The molecule has 0 aliphatic carbocycles. The first-order chi connectivity index (χ1) is 12.7. The molecule has 0 saturated carbocycles. The summed E-state index contributed by atoms with van der Waals surface area (Å²) in [4.78, 5) is 34.7. The minimum Gasteiger partial charge on any atom is -0.484 e. The second-order valence-corrected chi connectivity index (χ2v) is 6.46. The quantitative estimate of drug-likeness (QED) is 0.726. The number of carbonyl (C=O) groups excluding carboxylic acids is 1. The van der Waals surface area contributed by atoms with Gasteiger partial charge in [-0.1, -0.05) is 18.5 Å². The van der Waals surface area contributed by atoms with Gasteiger partial charge in [-0.25, -0.2) is 9.59 Å². The fraction of sp³-hybridized carbons (Fsp3) is 0.500. The highest BCUT2D eigenvalue weighted by molar-refractivity contribution is 6.30. The molecule has 0 bridgehead atoms. The molecule has 1 heterocycles. The van der Waals surface area contributed by atoms with Crippen LogP contribution in [0.15, 0.2) is 24.3 Å². The molecule has 2 N–H and O–H groups in total. The molecule has 1 aliphatic heterocycles. The van der Waals surface area contributed by atoms with Crippen molar-refractivity contribution in [3.05, 3.63) is 29.3 Å². The first-order valence-electron chi connectivity index (χ1n) is 8.61. The van der Waals surface area contributed by atoms with Crippen LogP contribution in [0.2, 0.25) is 5.02 Å². The molecule has 1 aromatic carbocycles. The van der Waals surface area contributed by atoms with Crippen LogP contribution in [0.4, 0.5) is 0 Å². The Morgan fingerprint density at radius 1 is 1.07 bits per heavy atom. The van der Waals surface area contributed by atoms with Crippen molar-refractivity contribution in [2.24, 2.45) is 0 Å². The topological polar surface area (TPSA) is 107 Å². The average molecular weight is 401 g/mol. The van der Waals surface area contributed by atoms with E-state index in [4.69, 9.17) is 36.1 Å². The van der Waals surface area contributed by atoms with Crippen molar-refractivity contribution < 1.29 is 29.3 Å². The number of aliphatic carboxylic acids is 2. The van der Waals surface area contributed by atoms with Crippen LogP contribution < -0.4 is 4.74 Å². The van der Waals surface area contributed by atoms with E-state index in [-0.39, 0.29) is 12.5 Å². The van der Waals surface area contributed by atoms with Crippen molar-refractivity contribution in [3.63, 3.8) is 0 Å². The number of carboxylic acid groups (broad SMARTS) is 2. The van der Waals surface area contributed by atoms with E-state index in [0.717, 1.165) is 32.6 Å². The van der Waals surface area contributed by atoms with Gasteiger partial charge in [-0.05, 0) is 37.6 Å². The molecule has 1 unspecified atom stereocenters. The summed E-state index contributed by atoms with van der Waals surface area (Å²) >= 11 is 5.81. The fourth-order valence-corrected chi connectivity index (χ4v) is 2.56. The van der Waals surface area contributed by atoms with Gasteiger partial charge in [0.05, 0.1) is 0 Å². The Kier molecular flexibility index (Phi) is 9.60. The standard InChI is InChI=1S/C16H23ClN2O2.C2H2O4/c1-3-13(2)18-8-10-19(11-9-18)16(20)12-21-15-6-4-14(17)5-7-15;3-1(4)2(5)6/h4-7,13H,3,8-12H2,1-2H3;(H,3,4)(H,5,6). The van der Waals surface area contributed by atoms with Gasteiger partial charge >= 0.3 is 11.9 Å². The monoisotopic (exact) mass is 400 g/mol. The van der Waals surface area contributed by atoms with Gasteiger partial charge < -0.3 is 19.8 Å². The highest BCUT2D eigenvalue weighted by Crippen LogP contribution is 2.16. The van der Waals surface area contributed by atoms with Gasteiger partial charge in [0.2, 0.25) is 0 Å². The molecule has 1 aromatic rings. The van der Waals surface area contributed by atoms with Crippen LogP contribution >= 0.6 is 11.6 Å². The molecular formula is C18H25ClN2O6. The minimum absolute atomic E-state index is 0.0498. The number of carboxylic acids is 2. The third-order valence-corrected chi connectivity index (χ3v) is 4.49. The van der Waals surface area contributed by atoms with Crippen molar-refractivity contribution in [3.8, 4) is 5.75 Å². The molecule has 8 nitrogen and oxygen atoms in total. The van der Waals surface area contributed by atoms with Crippen LogP contribution in [-0.2, 0) is 14.4 Å². The molecule has 150 valence electrons. The van der Waals surface area contributed by atoms with Crippen molar-refractivity contribution in [2.45, 2.75) is 26.3 Å². The van der Waals surface area contributed by atoms with Gasteiger partial charge in [0, 0.05) is 37.2 Å². The van der Waals surface area contributed by atoms with Crippen LogP contribution in [0, 0.1) is 0 Å². The van der Waals surface area contributed by atoms with Gasteiger partial charge in [0.25, 0.3) is 5.91 Å². The third kappa shape index (κ3) is 8.27. The maximum absolute atomic E-state index is 12.1. The molecule has 27 heavy (non-hydrogen) atoms. The van der Waals surface area contributed by atoms with E-state index in [1.165, 1.54) is 0 Å². The van der Waals surface area contributed by atoms with Crippen LogP contribution in [0.5, 0.6) is 5.75 Å². The first kappa shape index (κ1) is 22.7. The van der Waals surface area contributed by atoms with E-state index in [1.54, 1.807) is 24.3 Å². The lowest BCUT2D eigenvalue weighted by Crippen LogP contribution is -2.52. The highest BCUT2D eigenvalue weighted by atomic mass is 35.5. The summed E-state index contributed by atoms with van der Waals surface area (Å²) in [7, 11) is 0. The Balaban J connectivity index is 0.000000527. The van der Waals surface area contributed by atoms with Crippen molar-refractivity contribution in [1.29, 1.82) is 0 Å². The molecule has 1 saturated heterocycles. The SMILES string of the molecule is CCC(C)N1CCN(C(=O)COc2ccc(Cl)cc2)CC1.O=C(O)C(=O)O. The second kappa shape index (κ2) is 11.4. The Hall–Kier alpha value is -2.32. The third-order valence-electron chi connectivity index (χ3n) is 4.24. The zero-order chi connectivity index (χ0) is 20.4. The summed E-state index contributed by atoms with van der Waals surface area (Å²) in [5.41, 5.74) is 0. The summed E-state index contributed by atoms with van der Waals surface area (Å²) in [5, 5.41) is 15.4. The summed E-state index contributed by atoms with van der Waals surface area (Å²) < 4.78 is 5.51. The zero-order valence-electron chi connectivity index (χ0n) is 15.4.